The summed E-state index contributed by atoms with van der Waals surface area (Å²) in [5.74, 6) is 1.43. The Kier molecular flexibility index (Phi) is 5.04. The second kappa shape index (κ2) is 4.95. The van der Waals surface area contributed by atoms with E-state index in [0.29, 0.717) is 0 Å². The van der Waals surface area contributed by atoms with E-state index >= 15 is 0 Å². The summed E-state index contributed by atoms with van der Waals surface area (Å²) in [6, 6.07) is 0. The molecule has 0 aromatic carbocycles. The van der Waals surface area contributed by atoms with Crippen LogP contribution in [-0.4, -0.2) is 42.0 Å². The molecule has 0 unspecified atom stereocenters. The van der Waals surface area contributed by atoms with Gasteiger partial charge in [0.25, 0.3) is 0 Å². The van der Waals surface area contributed by atoms with Crippen LogP contribution >= 0.6 is 0 Å². The Morgan fingerprint density at radius 1 is 1.55 bits per heavy atom. The largest absolute Gasteiger partial charge is 1.00 e. The van der Waals surface area contributed by atoms with Crippen molar-refractivity contribution in [2.45, 2.75) is 20.3 Å². The zero-order valence-corrected chi connectivity index (χ0v) is 9.76. The molecule has 1 aliphatic heterocycles. The van der Waals surface area contributed by atoms with E-state index < -0.39 is 0 Å². The van der Waals surface area contributed by atoms with Crippen LogP contribution in [0.2, 0.25) is 0 Å². The van der Waals surface area contributed by atoms with Crippen LogP contribution in [0.3, 0.4) is 0 Å². The molecule has 1 heterocycles. The van der Waals surface area contributed by atoms with Gasteiger partial charge < -0.3 is 24.0 Å². The first kappa shape index (κ1) is 11.2. The molecule has 1 rings (SSSR count). The van der Waals surface area contributed by atoms with Gasteiger partial charge in [0.2, 0.25) is 5.84 Å². The third-order valence-corrected chi connectivity index (χ3v) is 2.21. The topological polar surface area (TPSA) is 6.25 Å². The molecule has 0 saturated carbocycles. The molecule has 0 bridgehead atoms. The fraction of sp³-hybridized carbons (Fsp3) is 0.875. The first-order valence-corrected chi connectivity index (χ1v) is 4.05. The summed E-state index contributed by atoms with van der Waals surface area (Å²) in [4.78, 5) is 2.44. The van der Waals surface area contributed by atoms with Gasteiger partial charge in [0.05, 0.1) is 13.6 Å². The number of hydrogen-bond donors (Lipinski definition) is 0. The highest BCUT2D eigenvalue weighted by molar-refractivity contribution is 5.75. The van der Waals surface area contributed by atoms with Gasteiger partial charge in [-0.25, -0.2) is 0 Å². The molecule has 0 atom stereocenters. The lowest BCUT2D eigenvalue weighted by molar-refractivity contribution is -0.487. The highest BCUT2D eigenvalue weighted by atomic mass is 127. The Hall–Kier alpha value is 0.200. The molecule has 0 radical (unpaired) electrons. The summed E-state index contributed by atoms with van der Waals surface area (Å²) in [6.45, 7) is 8.06. The van der Waals surface area contributed by atoms with Crippen LogP contribution in [0.1, 0.15) is 20.3 Å². The maximum absolute atomic E-state index is 2.44. The minimum Gasteiger partial charge on any atom is -1.00 e. The fourth-order valence-corrected chi connectivity index (χ4v) is 1.38. The molecule has 0 aromatic rings. The monoisotopic (exact) mass is 268 g/mol. The molecule has 66 valence electrons. The Bertz CT molecular complexity index is 154. The summed E-state index contributed by atoms with van der Waals surface area (Å²) >= 11 is 0. The van der Waals surface area contributed by atoms with Crippen LogP contribution in [0.4, 0.5) is 0 Å². The molecule has 0 saturated heterocycles. The summed E-state index contributed by atoms with van der Waals surface area (Å²) in [7, 11) is 2.16. The van der Waals surface area contributed by atoms with Gasteiger partial charge in [0.15, 0.2) is 0 Å². The normalized spacial score (nSPS) is 17.2. The summed E-state index contributed by atoms with van der Waals surface area (Å²) in [6.07, 6.45) is 1.26. The third-order valence-electron chi connectivity index (χ3n) is 2.21. The predicted octanol–water partition coefficient (Wildman–Crippen LogP) is -2.22. The fourth-order valence-electron chi connectivity index (χ4n) is 1.38. The molecule has 0 aliphatic carbocycles. The van der Waals surface area contributed by atoms with Crippen LogP contribution in [0.25, 0.3) is 0 Å². The SMILES string of the molecule is CCCN1CC[N+](C)=C1C.[I-]. The van der Waals surface area contributed by atoms with Crippen LogP contribution in [-0.2, 0) is 0 Å². The van der Waals surface area contributed by atoms with E-state index in [4.69, 9.17) is 0 Å². The van der Waals surface area contributed by atoms with Gasteiger partial charge in [-0.3, -0.25) is 9.48 Å². The van der Waals surface area contributed by atoms with Gasteiger partial charge in [0.1, 0.15) is 13.1 Å². The van der Waals surface area contributed by atoms with E-state index in [-0.39, 0.29) is 24.0 Å². The minimum atomic E-state index is 0. The van der Waals surface area contributed by atoms with Gasteiger partial charge in [-0.05, 0) is 6.42 Å². The van der Waals surface area contributed by atoms with Crippen LogP contribution in [0, 0.1) is 0 Å². The van der Waals surface area contributed by atoms with E-state index in [9.17, 15) is 0 Å². The average Bonchev–Trinajstić information content (AvgIpc) is 2.20. The van der Waals surface area contributed by atoms with Gasteiger partial charge in [0, 0.05) is 6.92 Å². The standard InChI is InChI=1S/C8H17N2.HI/c1-4-5-10-7-6-9(3)8(10)2;/h4-7H2,1-3H3;1H/q+1;/p-1. The number of likely N-dealkylation sites (N-methyl/N-ethyl adjacent to an activating group) is 1. The third kappa shape index (κ3) is 2.61. The zero-order chi connectivity index (χ0) is 7.56. The quantitative estimate of drug-likeness (QED) is 0.406. The predicted molar refractivity (Wildman–Crippen MR) is 43.6 cm³/mol. The van der Waals surface area contributed by atoms with Crippen molar-refractivity contribution in [3.8, 4) is 0 Å². The van der Waals surface area contributed by atoms with Crippen molar-refractivity contribution in [2.24, 2.45) is 0 Å². The molecular formula is C8H17IN2. The minimum absolute atomic E-state index is 0. The molecule has 0 N–H and O–H groups in total. The van der Waals surface area contributed by atoms with Crippen LogP contribution in [0.5, 0.6) is 0 Å². The highest BCUT2D eigenvalue weighted by Crippen LogP contribution is 1.99. The maximum Gasteiger partial charge on any atom is 0.243 e. The zero-order valence-electron chi connectivity index (χ0n) is 7.60. The van der Waals surface area contributed by atoms with E-state index in [2.05, 4.69) is 30.4 Å². The second-order valence-electron chi connectivity index (χ2n) is 2.96. The van der Waals surface area contributed by atoms with Gasteiger partial charge in [-0.1, -0.05) is 6.92 Å². The molecule has 3 heteroatoms. The number of hydrogen-bond acceptors (Lipinski definition) is 1. The summed E-state index contributed by atoms with van der Waals surface area (Å²) < 4.78 is 2.32. The Balaban J connectivity index is 0.000001000. The second-order valence-corrected chi connectivity index (χ2v) is 2.96. The van der Waals surface area contributed by atoms with Crippen molar-refractivity contribution in [1.29, 1.82) is 0 Å². The smallest absolute Gasteiger partial charge is 0.243 e. The molecule has 0 aromatic heterocycles. The van der Waals surface area contributed by atoms with Crippen molar-refractivity contribution >= 4 is 5.84 Å². The molecule has 0 spiro atoms. The Morgan fingerprint density at radius 2 is 2.18 bits per heavy atom. The lowest BCUT2D eigenvalue weighted by Gasteiger charge is -2.07. The molecule has 0 fully saturated rings. The first-order valence-electron chi connectivity index (χ1n) is 4.05. The first-order chi connectivity index (χ1) is 4.75. The van der Waals surface area contributed by atoms with Crippen molar-refractivity contribution in [3.05, 3.63) is 0 Å². The van der Waals surface area contributed by atoms with E-state index in [1.807, 2.05) is 0 Å². The van der Waals surface area contributed by atoms with Gasteiger partial charge in [-0.15, -0.1) is 0 Å². The Morgan fingerprint density at radius 3 is 2.55 bits per heavy atom. The highest BCUT2D eigenvalue weighted by Gasteiger charge is 2.22. The molecule has 2 nitrogen and oxygen atoms in total. The van der Waals surface area contributed by atoms with Crippen molar-refractivity contribution in [1.82, 2.24) is 4.90 Å². The maximum atomic E-state index is 2.44. The Labute approximate surface area is 86.3 Å². The lowest BCUT2D eigenvalue weighted by Crippen LogP contribution is -3.00. The van der Waals surface area contributed by atoms with E-state index in [1.165, 1.54) is 31.9 Å². The van der Waals surface area contributed by atoms with Gasteiger partial charge >= 0.3 is 0 Å². The summed E-state index contributed by atoms with van der Waals surface area (Å²) in [5.41, 5.74) is 0. The van der Waals surface area contributed by atoms with Crippen LogP contribution < -0.4 is 24.0 Å². The summed E-state index contributed by atoms with van der Waals surface area (Å²) in [5, 5.41) is 0. The molecule has 11 heavy (non-hydrogen) atoms. The molecular weight excluding hydrogens is 251 g/mol. The van der Waals surface area contributed by atoms with Gasteiger partial charge in [-0.2, -0.15) is 0 Å². The molecule has 1 aliphatic rings. The van der Waals surface area contributed by atoms with Crippen molar-refractivity contribution in [2.75, 3.05) is 26.7 Å². The number of rotatable bonds is 2. The average molecular weight is 268 g/mol. The van der Waals surface area contributed by atoms with Crippen molar-refractivity contribution in [3.63, 3.8) is 0 Å². The van der Waals surface area contributed by atoms with Crippen molar-refractivity contribution < 1.29 is 28.6 Å². The number of amidine groups is 1. The number of halogens is 1. The molecule has 0 amide bonds. The van der Waals surface area contributed by atoms with Crippen LogP contribution in [0.15, 0.2) is 0 Å². The van der Waals surface area contributed by atoms with E-state index in [0.717, 1.165) is 0 Å². The van der Waals surface area contributed by atoms with E-state index in [1.54, 1.807) is 0 Å². The lowest BCUT2D eigenvalue weighted by atomic mass is 10.4. The number of nitrogens with zero attached hydrogens (tertiary/aromatic N) is 2.